The first-order valence-corrected chi connectivity index (χ1v) is 4.12. The van der Waals surface area contributed by atoms with Crippen molar-refractivity contribution in [3.8, 4) is 0 Å². The van der Waals surface area contributed by atoms with Crippen LogP contribution in [0.3, 0.4) is 0 Å². The molecule has 0 unspecified atom stereocenters. The summed E-state index contributed by atoms with van der Waals surface area (Å²) in [7, 11) is 1.85. The summed E-state index contributed by atoms with van der Waals surface area (Å²) in [4.78, 5) is 5.20. The molecule has 4 nitrogen and oxygen atoms in total. The molecule has 1 N–H and O–H groups in total. The predicted octanol–water partition coefficient (Wildman–Crippen LogP) is 1.14. The lowest BCUT2D eigenvalue weighted by molar-refractivity contribution is 0.972. The van der Waals surface area contributed by atoms with Gasteiger partial charge in [-0.3, -0.25) is 0 Å². The van der Waals surface area contributed by atoms with Crippen molar-refractivity contribution in [3.63, 3.8) is 0 Å². The quantitative estimate of drug-likeness (QED) is 0.694. The Morgan fingerprint density at radius 3 is 3.09 bits per heavy atom. The summed E-state index contributed by atoms with van der Waals surface area (Å²) in [6.45, 7) is 1.96. The van der Waals surface area contributed by atoms with Crippen LogP contribution in [0, 0.1) is 6.92 Å². The molecule has 0 aliphatic carbocycles. The average Bonchev–Trinajstić information content (AvgIpc) is 2.43. The van der Waals surface area contributed by atoms with Crippen LogP contribution in [0.4, 0.5) is 5.13 Å². The Bertz CT molecular complexity index is 343. The van der Waals surface area contributed by atoms with Crippen LogP contribution < -0.4 is 5.32 Å². The van der Waals surface area contributed by atoms with Gasteiger partial charge in [-0.1, -0.05) is 11.3 Å². The maximum atomic E-state index is 4.26. The molecule has 0 aliphatic rings. The Labute approximate surface area is 67.9 Å². The van der Waals surface area contributed by atoms with Crippen molar-refractivity contribution in [2.24, 2.45) is 0 Å². The van der Waals surface area contributed by atoms with E-state index in [1.165, 1.54) is 0 Å². The summed E-state index contributed by atoms with van der Waals surface area (Å²) >= 11 is 1.55. The predicted molar refractivity (Wildman–Crippen MR) is 45.1 cm³/mol. The van der Waals surface area contributed by atoms with Crippen LogP contribution in [0.1, 0.15) is 5.69 Å². The van der Waals surface area contributed by atoms with Gasteiger partial charge in [0, 0.05) is 7.05 Å². The van der Waals surface area contributed by atoms with E-state index in [1.807, 2.05) is 20.2 Å². The van der Waals surface area contributed by atoms with Gasteiger partial charge in [-0.2, -0.15) is 0 Å². The molecular formula is C6H8N4S. The van der Waals surface area contributed by atoms with Crippen LogP contribution in [-0.2, 0) is 0 Å². The minimum atomic E-state index is 0.896. The molecule has 0 saturated heterocycles. The van der Waals surface area contributed by atoms with Crippen molar-refractivity contribution in [2.45, 2.75) is 6.92 Å². The van der Waals surface area contributed by atoms with E-state index in [2.05, 4.69) is 15.4 Å². The summed E-state index contributed by atoms with van der Waals surface area (Å²) in [6, 6.07) is 0. The summed E-state index contributed by atoms with van der Waals surface area (Å²) in [5.41, 5.74) is 1.01. The number of anilines is 1. The van der Waals surface area contributed by atoms with Gasteiger partial charge in [0.1, 0.15) is 0 Å². The maximum Gasteiger partial charge on any atom is 0.214 e. The Morgan fingerprint density at radius 1 is 1.64 bits per heavy atom. The molecule has 0 bridgehead atoms. The van der Waals surface area contributed by atoms with Gasteiger partial charge in [0.15, 0.2) is 0 Å². The van der Waals surface area contributed by atoms with Crippen molar-refractivity contribution in [2.75, 3.05) is 12.4 Å². The fourth-order valence-corrected chi connectivity index (χ4v) is 1.69. The Kier molecular flexibility index (Phi) is 1.32. The number of aryl methyl sites for hydroxylation is 1. The van der Waals surface area contributed by atoms with Crippen LogP contribution in [0.2, 0.25) is 0 Å². The van der Waals surface area contributed by atoms with Gasteiger partial charge >= 0.3 is 0 Å². The fraction of sp³-hybridized carbons (Fsp3) is 0.333. The standard InChI is InChI=1S/C6H8N4S/c1-4-3-10-6(8-4)11-5(7-2)9-10/h3H,1-2H3,(H,7,9). The number of rotatable bonds is 1. The maximum absolute atomic E-state index is 4.26. The summed E-state index contributed by atoms with van der Waals surface area (Å²) < 4.78 is 1.78. The van der Waals surface area contributed by atoms with E-state index in [4.69, 9.17) is 0 Å². The first kappa shape index (κ1) is 6.60. The molecular weight excluding hydrogens is 160 g/mol. The lowest BCUT2D eigenvalue weighted by atomic mass is 10.6. The highest BCUT2D eigenvalue weighted by molar-refractivity contribution is 7.20. The van der Waals surface area contributed by atoms with E-state index >= 15 is 0 Å². The van der Waals surface area contributed by atoms with Crippen molar-refractivity contribution in [1.82, 2.24) is 14.6 Å². The number of nitrogens with zero attached hydrogens (tertiary/aromatic N) is 3. The van der Waals surface area contributed by atoms with Crippen LogP contribution in [-0.4, -0.2) is 21.6 Å². The third-order valence-electron chi connectivity index (χ3n) is 1.38. The third-order valence-corrected chi connectivity index (χ3v) is 2.32. The SMILES string of the molecule is CNc1nn2cc(C)nc2s1. The van der Waals surface area contributed by atoms with E-state index in [0.717, 1.165) is 15.8 Å². The van der Waals surface area contributed by atoms with Crippen molar-refractivity contribution in [1.29, 1.82) is 0 Å². The smallest absolute Gasteiger partial charge is 0.214 e. The molecule has 0 saturated carbocycles. The number of hydrogen-bond donors (Lipinski definition) is 1. The zero-order chi connectivity index (χ0) is 7.84. The highest BCUT2D eigenvalue weighted by atomic mass is 32.1. The largest absolute Gasteiger partial charge is 0.363 e. The molecule has 2 heterocycles. The van der Waals surface area contributed by atoms with E-state index in [0.29, 0.717) is 0 Å². The molecule has 0 radical (unpaired) electrons. The molecule has 0 amide bonds. The first-order valence-electron chi connectivity index (χ1n) is 3.30. The van der Waals surface area contributed by atoms with Crippen molar-refractivity contribution in [3.05, 3.63) is 11.9 Å². The van der Waals surface area contributed by atoms with Gasteiger partial charge in [-0.05, 0) is 6.92 Å². The third kappa shape index (κ3) is 0.970. The summed E-state index contributed by atoms with van der Waals surface area (Å²) in [5, 5.41) is 8.08. The number of nitrogens with one attached hydrogen (secondary N) is 1. The topological polar surface area (TPSA) is 42.2 Å². The molecule has 2 rings (SSSR count). The fourth-order valence-electron chi connectivity index (χ4n) is 0.910. The van der Waals surface area contributed by atoms with Gasteiger partial charge in [0.25, 0.3) is 0 Å². The van der Waals surface area contributed by atoms with Gasteiger partial charge in [-0.15, -0.1) is 5.10 Å². The molecule has 0 aromatic carbocycles. The zero-order valence-electron chi connectivity index (χ0n) is 6.33. The second-order valence-corrected chi connectivity index (χ2v) is 3.22. The highest BCUT2D eigenvalue weighted by Crippen LogP contribution is 2.17. The summed E-state index contributed by atoms with van der Waals surface area (Å²) in [5.74, 6) is 0. The summed E-state index contributed by atoms with van der Waals surface area (Å²) in [6.07, 6.45) is 1.91. The van der Waals surface area contributed by atoms with Crippen LogP contribution in [0.15, 0.2) is 6.20 Å². The van der Waals surface area contributed by atoms with Gasteiger partial charge < -0.3 is 5.32 Å². The van der Waals surface area contributed by atoms with Crippen LogP contribution in [0.5, 0.6) is 0 Å². The molecule has 0 spiro atoms. The van der Waals surface area contributed by atoms with E-state index in [1.54, 1.807) is 15.9 Å². The Hall–Kier alpha value is -1.10. The van der Waals surface area contributed by atoms with Crippen molar-refractivity contribution < 1.29 is 0 Å². The monoisotopic (exact) mass is 168 g/mol. The normalized spacial score (nSPS) is 10.7. The first-order chi connectivity index (χ1) is 5.29. The van der Waals surface area contributed by atoms with Gasteiger partial charge in [0.05, 0.1) is 11.9 Å². The molecule has 11 heavy (non-hydrogen) atoms. The van der Waals surface area contributed by atoms with Crippen LogP contribution >= 0.6 is 11.3 Å². The number of hydrogen-bond acceptors (Lipinski definition) is 4. The molecule has 0 aliphatic heterocycles. The Morgan fingerprint density at radius 2 is 2.45 bits per heavy atom. The van der Waals surface area contributed by atoms with E-state index < -0.39 is 0 Å². The second kappa shape index (κ2) is 2.20. The van der Waals surface area contributed by atoms with E-state index in [9.17, 15) is 0 Å². The Balaban J connectivity index is 2.64. The number of fused-ring (bicyclic) bond motifs is 1. The van der Waals surface area contributed by atoms with Crippen molar-refractivity contribution >= 4 is 21.4 Å². The molecule has 2 aromatic heterocycles. The number of imidazole rings is 1. The lowest BCUT2D eigenvalue weighted by Gasteiger charge is -1.84. The molecule has 2 aromatic rings. The zero-order valence-corrected chi connectivity index (χ0v) is 7.14. The second-order valence-electron chi connectivity index (χ2n) is 2.27. The molecule has 58 valence electrons. The lowest BCUT2D eigenvalue weighted by Crippen LogP contribution is -1.87. The van der Waals surface area contributed by atoms with Gasteiger partial charge in [0.2, 0.25) is 10.1 Å². The minimum Gasteiger partial charge on any atom is -0.363 e. The molecule has 0 fully saturated rings. The number of aromatic nitrogens is 3. The molecule has 0 atom stereocenters. The average molecular weight is 168 g/mol. The van der Waals surface area contributed by atoms with E-state index in [-0.39, 0.29) is 0 Å². The highest BCUT2D eigenvalue weighted by Gasteiger charge is 2.02. The minimum absolute atomic E-state index is 0.896. The van der Waals surface area contributed by atoms with Gasteiger partial charge in [-0.25, -0.2) is 9.50 Å². The molecule has 5 heteroatoms. The van der Waals surface area contributed by atoms with Crippen LogP contribution in [0.25, 0.3) is 4.96 Å².